The van der Waals surface area contributed by atoms with Crippen LogP contribution in [0.5, 0.6) is 0 Å². The maximum atomic E-state index is 5.43. The molecular formula is C14H16N4O. The SMILES string of the molecule is Cn1c(CCc2ccco2)nc2ccc(NN)cc21. The van der Waals surface area contributed by atoms with Crippen molar-refractivity contribution in [2.24, 2.45) is 12.9 Å². The lowest BCUT2D eigenvalue weighted by atomic mass is 10.2. The van der Waals surface area contributed by atoms with Crippen LogP contribution in [0.2, 0.25) is 0 Å². The molecule has 0 atom stereocenters. The highest BCUT2D eigenvalue weighted by molar-refractivity contribution is 5.80. The highest BCUT2D eigenvalue weighted by Crippen LogP contribution is 2.20. The van der Waals surface area contributed by atoms with E-state index >= 15 is 0 Å². The Hall–Kier alpha value is -2.27. The van der Waals surface area contributed by atoms with Crippen molar-refractivity contribution in [3.05, 3.63) is 48.2 Å². The Morgan fingerprint density at radius 3 is 2.95 bits per heavy atom. The Morgan fingerprint density at radius 2 is 2.21 bits per heavy atom. The third kappa shape index (κ3) is 2.20. The number of nitrogens with zero attached hydrogens (tertiary/aromatic N) is 2. The predicted molar refractivity (Wildman–Crippen MR) is 74.6 cm³/mol. The zero-order valence-corrected chi connectivity index (χ0v) is 10.8. The normalized spacial score (nSPS) is 11.1. The summed E-state index contributed by atoms with van der Waals surface area (Å²) >= 11 is 0. The van der Waals surface area contributed by atoms with E-state index in [0.717, 1.165) is 41.1 Å². The fourth-order valence-electron chi connectivity index (χ4n) is 2.24. The first-order valence-corrected chi connectivity index (χ1v) is 6.22. The second-order valence-corrected chi connectivity index (χ2v) is 4.51. The molecular weight excluding hydrogens is 240 g/mol. The Balaban J connectivity index is 1.89. The van der Waals surface area contributed by atoms with Gasteiger partial charge in [0.1, 0.15) is 11.6 Å². The number of hydrogen-bond acceptors (Lipinski definition) is 4. The molecule has 1 aromatic carbocycles. The number of anilines is 1. The van der Waals surface area contributed by atoms with E-state index in [-0.39, 0.29) is 0 Å². The molecule has 0 radical (unpaired) electrons. The summed E-state index contributed by atoms with van der Waals surface area (Å²) in [5, 5.41) is 0. The molecule has 2 heterocycles. The molecule has 0 spiro atoms. The van der Waals surface area contributed by atoms with Gasteiger partial charge >= 0.3 is 0 Å². The van der Waals surface area contributed by atoms with E-state index in [9.17, 15) is 0 Å². The second-order valence-electron chi connectivity index (χ2n) is 4.51. The summed E-state index contributed by atoms with van der Waals surface area (Å²) in [5.41, 5.74) is 5.59. The predicted octanol–water partition coefficient (Wildman–Crippen LogP) is 2.24. The number of aryl methyl sites for hydroxylation is 3. The van der Waals surface area contributed by atoms with E-state index in [1.165, 1.54) is 0 Å². The van der Waals surface area contributed by atoms with Crippen molar-refractivity contribution in [1.82, 2.24) is 9.55 Å². The van der Waals surface area contributed by atoms with Crippen molar-refractivity contribution < 1.29 is 4.42 Å². The molecule has 0 fully saturated rings. The molecule has 0 amide bonds. The molecule has 0 aliphatic rings. The number of furan rings is 1. The van der Waals surface area contributed by atoms with Crippen molar-refractivity contribution in [3.63, 3.8) is 0 Å². The molecule has 98 valence electrons. The van der Waals surface area contributed by atoms with E-state index in [1.54, 1.807) is 6.26 Å². The number of fused-ring (bicyclic) bond motifs is 1. The number of imidazole rings is 1. The van der Waals surface area contributed by atoms with Gasteiger partial charge in [0, 0.05) is 19.9 Å². The molecule has 5 heteroatoms. The highest BCUT2D eigenvalue weighted by atomic mass is 16.3. The van der Waals surface area contributed by atoms with Gasteiger partial charge in [-0.25, -0.2) is 4.98 Å². The average Bonchev–Trinajstić information content (AvgIpc) is 3.05. The summed E-state index contributed by atoms with van der Waals surface area (Å²) in [6, 6.07) is 9.79. The standard InChI is InChI=1S/C14H16N4O/c1-18-13-9-10(17-15)4-6-12(13)16-14(18)7-5-11-3-2-8-19-11/h2-4,6,8-9,17H,5,7,15H2,1H3. The van der Waals surface area contributed by atoms with Gasteiger partial charge in [-0.2, -0.15) is 0 Å². The van der Waals surface area contributed by atoms with Crippen LogP contribution in [0.1, 0.15) is 11.6 Å². The molecule has 0 saturated carbocycles. The van der Waals surface area contributed by atoms with Gasteiger partial charge in [-0.1, -0.05) is 0 Å². The van der Waals surface area contributed by atoms with Crippen molar-refractivity contribution in [3.8, 4) is 0 Å². The van der Waals surface area contributed by atoms with E-state index < -0.39 is 0 Å². The van der Waals surface area contributed by atoms with Gasteiger partial charge in [0.05, 0.1) is 23.0 Å². The summed E-state index contributed by atoms with van der Waals surface area (Å²) in [5.74, 6) is 7.45. The van der Waals surface area contributed by atoms with Crippen molar-refractivity contribution in [1.29, 1.82) is 0 Å². The van der Waals surface area contributed by atoms with Gasteiger partial charge in [0.15, 0.2) is 0 Å². The Morgan fingerprint density at radius 1 is 1.32 bits per heavy atom. The molecule has 0 unspecified atom stereocenters. The Labute approximate surface area is 111 Å². The number of nitrogens with one attached hydrogen (secondary N) is 1. The van der Waals surface area contributed by atoms with Gasteiger partial charge in [-0.05, 0) is 30.3 Å². The topological polar surface area (TPSA) is 69.0 Å². The minimum atomic E-state index is 0.851. The number of nitrogens with two attached hydrogens (primary N) is 1. The minimum Gasteiger partial charge on any atom is -0.469 e. The molecule has 3 rings (SSSR count). The molecule has 3 aromatic rings. The molecule has 0 aliphatic heterocycles. The second kappa shape index (κ2) is 4.78. The Kier molecular flexibility index (Phi) is 2.97. The summed E-state index contributed by atoms with van der Waals surface area (Å²) in [4.78, 5) is 4.64. The third-order valence-corrected chi connectivity index (χ3v) is 3.32. The van der Waals surface area contributed by atoms with Gasteiger partial charge in [0.2, 0.25) is 0 Å². The van der Waals surface area contributed by atoms with Crippen LogP contribution in [-0.2, 0) is 19.9 Å². The zero-order valence-electron chi connectivity index (χ0n) is 10.8. The lowest BCUT2D eigenvalue weighted by molar-refractivity contribution is 0.505. The fourth-order valence-corrected chi connectivity index (χ4v) is 2.24. The largest absolute Gasteiger partial charge is 0.469 e. The molecule has 0 saturated heterocycles. The van der Waals surface area contributed by atoms with E-state index in [0.29, 0.717) is 0 Å². The average molecular weight is 256 g/mol. The molecule has 0 aliphatic carbocycles. The summed E-state index contributed by atoms with van der Waals surface area (Å²) in [7, 11) is 2.02. The van der Waals surface area contributed by atoms with Crippen LogP contribution in [-0.4, -0.2) is 9.55 Å². The Bertz CT molecular complexity index is 685. The maximum absolute atomic E-state index is 5.43. The summed E-state index contributed by atoms with van der Waals surface area (Å²) in [6.45, 7) is 0. The number of hydrogen-bond donors (Lipinski definition) is 2. The molecule has 0 bridgehead atoms. The van der Waals surface area contributed by atoms with Gasteiger partial charge < -0.3 is 14.4 Å². The third-order valence-electron chi connectivity index (χ3n) is 3.32. The first-order chi connectivity index (χ1) is 9.28. The van der Waals surface area contributed by atoms with Gasteiger partial charge in [-0.3, -0.25) is 5.84 Å². The smallest absolute Gasteiger partial charge is 0.110 e. The van der Waals surface area contributed by atoms with Crippen LogP contribution >= 0.6 is 0 Å². The van der Waals surface area contributed by atoms with E-state index in [2.05, 4.69) is 15.0 Å². The molecule has 5 nitrogen and oxygen atoms in total. The van der Waals surface area contributed by atoms with Crippen molar-refractivity contribution in [2.45, 2.75) is 12.8 Å². The van der Waals surface area contributed by atoms with Crippen LogP contribution in [0.25, 0.3) is 11.0 Å². The number of hydrazine groups is 1. The van der Waals surface area contributed by atoms with Crippen LogP contribution < -0.4 is 11.3 Å². The van der Waals surface area contributed by atoms with Crippen LogP contribution in [0, 0.1) is 0 Å². The first kappa shape index (κ1) is 11.8. The fraction of sp³-hybridized carbons (Fsp3) is 0.214. The number of aromatic nitrogens is 2. The van der Waals surface area contributed by atoms with Gasteiger partial charge in [0.25, 0.3) is 0 Å². The first-order valence-electron chi connectivity index (χ1n) is 6.22. The zero-order chi connectivity index (χ0) is 13.2. The van der Waals surface area contributed by atoms with E-state index in [1.807, 2.05) is 37.4 Å². The molecule has 2 aromatic heterocycles. The van der Waals surface area contributed by atoms with Crippen molar-refractivity contribution >= 4 is 16.7 Å². The van der Waals surface area contributed by atoms with Crippen LogP contribution in [0.4, 0.5) is 5.69 Å². The van der Waals surface area contributed by atoms with E-state index in [4.69, 9.17) is 10.3 Å². The maximum Gasteiger partial charge on any atom is 0.110 e. The lowest BCUT2D eigenvalue weighted by Crippen LogP contribution is -2.06. The summed E-state index contributed by atoms with van der Waals surface area (Å²) in [6.07, 6.45) is 3.40. The van der Waals surface area contributed by atoms with Crippen LogP contribution in [0.15, 0.2) is 41.0 Å². The minimum absolute atomic E-state index is 0.851. The van der Waals surface area contributed by atoms with Gasteiger partial charge in [-0.15, -0.1) is 0 Å². The monoisotopic (exact) mass is 256 g/mol. The van der Waals surface area contributed by atoms with Crippen LogP contribution in [0.3, 0.4) is 0 Å². The number of benzene rings is 1. The number of rotatable bonds is 4. The lowest BCUT2D eigenvalue weighted by Gasteiger charge is -2.02. The van der Waals surface area contributed by atoms with Crippen molar-refractivity contribution in [2.75, 3.05) is 5.43 Å². The number of nitrogen functional groups attached to an aromatic ring is 1. The quantitative estimate of drug-likeness (QED) is 0.555. The molecule has 19 heavy (non-hydrogen) atoms. The highest BCUT2D eigenvalue weighted by Gasteiger charge is 2.09. The summed E-state index contributed by atoms with van der Waals surface area (Å²) < 4.78 is 7.44. The molecule has 3 N–H and O–H groups in total.